The Labute approximate surface area is 126 Å². The number of anilines is 2. The van der Waals surface area contributed by atoms with Crippen molar-refractivity contribution >= 4 is 39.7 Å². The number of aryl methyl sites for hydroxylation is 1. The van der Waals surface area contributed by atoms with Crippen LogP contribution >= 0.6 is 22.9 Å². The molecular formula is C13H15ClN4OS. The number of carbonyl (C=O) groups excluding carboxylic acids is 1. The van der Waals surface area contributed by atoms with Crippen LogP contribution in [-0.2, 0) is 11.2 Å². The van der Waals surface area contributed by atoms with Crippen molar-refractivity contribution in [3.63, 3.8) is 0 Å². The van der Waals surface area contributed by atoms with Gasteiger partial charge >= 0.3 is 0 Å². The number of carbonyl (C=O) groups is 1. The molecule has 0 saturated heterocycles. The predicted octanol–water partition coefficient (Wildman–Crippen LogP) is 3.19. The first-order chi connectivity index (χ1) is 9.58. The molecule has 0 fully saturated rings. The van der Waals surface area contributed by atoms with Crippen LogP contribution < -0.4 is 10.6 Å². The van der Waals surface area contributed by atoms with Crippen LogP contribution in [0.1, 0.15) is 18.9 Å². The summed E-state index contributed by atoms with van der Waals surface area (Å²) in [6.45, 7) is 3.78. The number of rotatable bonds is 5. The third-order valence-electron chi connectivity index (χ3n) is 2.62. The number of nitrogens with zero attached hydrogens (tertiary/aromatic N) is 2. The summed E-state index contributed by atoms with van der Waals surface area (Å²) in [6.07, 6.45) is 0.812. The molecule has 106 valence electrons. The Morgan fingerprint density at radius 1 is 1.35 bits per heavy atom. The Balaban J connectivity index is 1.93. The number of amides is 1. The molecule has 1 atom stereocenters. The highest BCUT2D eigenvalue weighted by Crippen LogP contribution is 2.17. The van der Waals surface area contributed by atoms with E-state index in [0.717, 1.165) is 17.1 Å². The lowest BCUT2D eigenvalue weighted by molar-refractivity contribution is -0.116. The third-order valence-corrected chi connectivity index (χ3v) is 3.86. The van der Waals surface area contributed by atoms with Gasteiger partial charge in [-0.25, -0.2) is 0 Å². The second-order valence-electron chi connectivity index (χ2n) is 4.22. The van der Waals surface area contributed by atoms with Gasteiger partial charge in [-0.15, -0.1) is 10.2 Å². The zero-order chi connectivity index (χ0) is 14.5. The fraction of sp³-hybridized carbons (Fsp3) is 0.308. The first-order valence-electron chi connectivity index (χ1n) is 6.24. The fourth-order valence-electron chi connectivity index (χ4n) is 1.52. The molecule has 1 aromatic carbocycles. The molecule has 0 spiro atoms. The maximum atomic E-state index is 12.0. The van der Waals surface area contributed by atoms with Crippen LogP contribution in [0.5, 0.6) is 0 Å². The Morgan fingerprint density at radius 3 is 2.65 bits per heavy atom. The van der Waals surface area contributed by atoms with Crippen LogP contribution in [0.3, 0.4) is 0 Å². The van der Waals surface area contributed by atoms with Crippen LogP contribution in [0.15, 0.2) is 24.3 Å². The van der Waals surface area contributed by atoms with Gasteiger partial charge in [0.2, 0.25) is 11.0 Å². The summed E-state index contributed by atoms with van der Waals surface area (Å²) in [5, 5.41) is 15.8. The molecule has 0 radical (unpaired) electrons. The Bertz CT molecular complexity index is 584. The second kappa shape index (κ2) is 6.67. The molecule has 0 aliphatic rings. The Morgan fingerprint density at radius 2 is 2.05 bits per heavy atom. The fourth-order valence-corrected chi connectivity index (χ4v) is 2.33. The number of halogens is 1. The average Bonchev–Trinajstić information content (AvgIpc) is 2.89. The lowest BCUT2D eigenvalue weighted by Crippen LogP contribution is -2.31. The molecule has 0 aliphatic carbocycles. The molecular weight excluding hydrogens is 296 g/mol. The van der Waals surface area contributed by atoms with Gasteiger partial charge in [0.1, 0.15) is 11.0 Å². The average molecular weight is 311 g/mol. The summed E-state index contributed by atoms with van der Waals surface area (Å²) >= 11 is 7.20. The zero-order valence-corrected chi connectivity index (χ0v) is 12.8. The van der Waals surface area contributed by atoms with Crippen molar-refractivity contribution in [1.82, 2.24) is 10.2 Å². The molecule has 1 heterocycles. The summed E-state index contributed by atoms with van der Waals surface area (Å²) in [7, 11) is 0. The van der Waals surface area contributed by atoms with Crippen molar-refractivity contribution in [3.8, 4) is 0 Å². The third kappa shape index (κ3) is 3.91. The second-order valence-corrected chi connectivity index (χ2v) is 5.72. The number of benzene rings is 1. The minimum absolute atomic E-state index is 0.154. The number of hydrogen-bond donors (Lipinski definition) is 2. The highest BCUT2D eigenvalue weighted by molar-refractivity contribution is 7.15. The summed E-state index contributed by atoms with van der Waals surface area (Å²) < 4.78 is 0. The van der Waals surface area contributed by atoms with E-state index in [1.807, 2.05) is 19.1 Å². The van der Waals surface area contributed by atoms with Crippen LogP contribution in [0.4, 0.5) is 10.8 Å². The molecule has 5 nitrogen and oxygen atoms in total. The summed E-state index contributed by atoms with van der Waals surface area (Å²) in [5.74, 6) is -0.154. The van der Waals surface area contributed by atoms with Crippen LogP contribution in [0, 0.1) is 0 Å². The maximum Gasteiger partial charge on any atom is 0.248 e. The standard InChI is InChI=1S/C13H15ClN4OS/c1-3-11-17-18-13(20-11)16-12(19)8(2)15-10-6-4-9(14)5-7-10/h4-8,15H,3H2,1-2H3,(H,16,18,19)/t8-/m0/s1. The zero-order valence-electron chi connectivity index (χ0n) is 11.2. The first kappa shape index (κ1) is 14.7. The monoisotopic (exact) mass is 310 g/mol. The minimum Gasteiger partial charge on any atom is -0.374 e. The maximum absolute atomic E-state index is 12.0. The normalized spacial score (nSPS) is 11.9. The highest BCUT2D eigenvalue weighted by atomic mass is 35.5. The number of aromatic nitrogens is 2. The van der Waals surface area contributed by atoms with Crippen LogP contribution in [-0.4, -0.2) is 22.1 Å². The van der Waals surface area contributed by atoms with Crippen molar-refractivity contribution in [2.75, 3.05) is 10.6 Å². The molecule has 1 amide bonds. The molecule has 20 heavy (non-hydrogen) atoms. The summed E-state index contributed by atoms with van der Waals surface area (Å²) in [6, 6.07) is 6.81. The van der Waals surface area contributed by atoms with E-state index < -0.39 is 0 Å². The van der Waals surface area contributed by atoms with Crippen molar-refractivity contribution in [1.29, 1.82) is 0 Å². The molecule has 0 saturated carbocycles. The Hall–Kier alpha value is -1.66. The molecule has 0 unspecified atom stereocenters. The van der Waals surface area contributed by atoms with Crippen molar-refractivity contribution in [3.05, 3.63) is 34.3 Å². The smallest absolute Gasteiger partial charge is 0.248 e. The van der Waals surface area contributed by atoms with E-state index >= 15 is 0 Å². The van der Waals surface area contributed by atoms with E-state index in [0.29, 0.717) is 10.2 Å². The van der Waals surface area contributed by atoms with Crippen molar-refractivity contribution in [2.45, 2.75) is 26.3 Å². The van der Waals surface area contributed by atoms with E-state index in [-0.39, 0.29) is 11.9 Å². The summed E-state index contributed by atoms with van der Waals surface area (Å²) in [5.41, 5.74) is 0.837. The van der Waals surface area contributed by atoms with Crippen molar-refractivity contribution in [2.24, 2.45) is 0 Å². The lowest BCUT2D eigenvalue weighted by atomic mass is 10.2. The minimum atomic E-state index is -0.384. The molecule has 7 heteroatoms. The van der Waals surface area contributed by atoms with Gasteiger partial charge in [-0.2, -0.15) is 0 Å². The van der Waals surface area contributed by atoms with Gasteiger partial charge in [-0.3, -0.25) is 10.1 Å². The van der Waals surface area contributed by atoms with Crippen molar-refractivity contribution < 1.29 is 4.79 Å². The van der Waals surface area contributed by atoms with Gasteiger partial charge in [-0.05, 0) is 37.6 Å². The van der Waals surface area contributed by atoms with Gasteiger partial charge in [0.25, 0.3) is 0 Å². The Kier molecular flexibility index (Phi) is 4.92. The van der Waals surface area contributed by atoms with Crippen LogP contribution in [0.2, 0.25) is 5.02 Å². The predicted molar refractivity (Wildman–Crippen MR) is 82.5 cm³/mol. The van der Waals surface area contributed by atoms with Gasteiger partial charge in [0.15, 0.2) is 0 Å². The van der Waals surface area contributed by atoms with E-state index in [1.54, 1.807) is 19.1 Å². The van der Waals surface area contributed by atoms with Gasteiger partial charge in [0, 0.05) is 10.7 Å². The molecule has 1 aromatic heterocycles. The van der Waals surface area contributed by atoms with E-state index in [2.05, 4.69) is 20.8 Å². The van der Waals surface area contributed by atoms with Gasteiger partial charge in [-0.1, -0.05) is 29.9 Å². The van der Waals surface area contributed by atoms with Crippen LogP contribution in [0.25, 0.3) is 0 Å². The number of hydrogen-bond acceptors (Lipinski definition) is 5. The SMILES string of the molecule is CCc1nnc(NC(=O)[C@H](C)Nc2ccc(Cl)cc2)s1. The number of nitrogens with one attached hydrogen (secondary N) is 2. The molecule has 0 bridgehead atoms. The van der Waals surface area contributed by atoms with E-state index in [1.165, 1.54) is 11.3 Å². The molecule has 0 aliphatic heterocycles. The quantitative estimate of drug-likeness (QED) is 0.890. The largest absolute Gasteiger partial charge is 0.374 e. The molecule has 2 N–H and O–H groups in total. The van der Waals surface area contributed by atoms with Gasteiger partial charge < -0.3 is 5.32 Å². The van der Waals surface area contributed by atoms with E-state index in [9.17, 15) is 4.79 Å². The topological polar surface area (TPSA) is 66.9 Å². The molecule has 2 aromatic rings. The lowest BCUT2D eigenvalue weighted by Gasteiger charge is -2.14. The summed E-state index contributed by atoms with van der Waals surface area (Å²) in [4.78, 5) is 12.0. The highest BCUT2D eigenvalue weighted by Gasteiger charge is 2.14. The molecule has 2 rings (SSSR count). The van der Waals surface area contributed by atoms with E-state index in [4.69, 9.17) is 11.6 Å². The van der Waals surface area contributed by atoms with Gasteiger partial charge in [0.05, 0.1) is 0 Å². The first-order valence-corrected chi connectivity index (χ1v) is 7.43.